The molecular weight excluding hydrogens is 316 g/mol. The number of hydrogen-bond acceptors (Lipinski definition) is 4. The van der Waals surface area contributed by atoms with Crippen LogP contribution in [0.15, 0.2) is 29.0 Å². The summed E-state index contributed by atoms with van der Waals surface area (Å²) in [7, 11) is -1.78. The molecule has 126 valence electrons. The molecule has 0 spiro atoms. The Labute approximate surface area is 136 Å². The third kappa shape index (κ3) is 3.19. The maximum atomic E-state index is 12.8. The van der Waals surface area contributed by atoms with E-state index in [4.69, 9.17) is 4.42 Å². The van der Waals surface area contributed by atoms with E-state index in [0.717, 1.165) is 24.1 Å². The van der Waals surface area contributed by atoms with Crippen molar-refractivity contribution in [2.24, 2.45) is 7.05 Å². The summed E-state index contributed by atoms with van der Waals surface area (Å²) in [6, 6.07) is 3.04. The van der Waals surface area contributed by atoms with Crippen molar-refractivity contribution in [1.82, 2.24) is 18.8 Å². The highest BCUT2D eigenvalue weighted by atomic mass is 32.2. The van der Waals surface area contributed by atoms with Gasteiger partial charge in [0.15, 0.2) is 0 Å². The molecule has 0 radical (unpaired) electrons. The van der Waals surface area contributed by atoms with E-state index in [1.807, 2.05) is 33.2 Å². The van der Waals surface area contributed by atoms with Crippen LogP contribution in [0.25, 0.3) is 0 Å². The Morgan fingerprint density at radius 2 is 2.26 bits per heavy atom. The maximum Gasteiger partial charge on any atom is 0.280 e. The monoisotopic (exact) mass is 338 g/mol. The summed E-state index contributed by atoms with van der Waals surface area (Å²) in [6.45, 7) is 4.21. The fraction of sp³-hybridized carbons (Fsp3) is 0.533. The molecule has 7 nitrogen and oxygen atoms in total. The highest BCUT2D eigenvalue weighted by Crippen LogP contribution is 2.34. The molecule has 3 heterocycles. The highest BCUT2D eigenvalue weighted by molar-refractivity contribution is 7.87. The van der Waals surface area contributed by atoms with Crippen LogP contribution in [0.2, 0.25) is 0 Å². The van der Waals surface area contributed by atoms with Crippen molar-refractivity contribution in [1.29, 1.82) is 0 Å². The molecule has 1 aliphatic rings. The van der Waals surface area contributed by atoms with Crippen LogP contribution in [0.4, 0.5) is 0 Å². The lowest BCUT2D eigenvalue weighted by Crippen LogP contribution is -2.41. The number of nitrogens with zero attached hydrogens (tertiary/aromatic N) is 3. The van der Waals surface area contributed by atoms with Crippen molar-refractivity contribution in [3.8, 4) is 0 Å². The average Bonchev–Trinajstić information content (AvgIpc) is 3.16. The predicted molar refractivity (Wildman–Crippen MR) is 85.8 cm³/mol. The third-order valence-electron chi connectivity index (χ3n) is 4.23. The van der Waals surface area contributed by atoms with E-state index >= 15 is 0 Å². The van der Waals surface area contributed by atoms with Crippen LogP contribution in [0, 0.1) is 6.92 Å². The average molecular weight is 338 g/mol. The Bertz CT molecular complexity index is 767. The molecule has 8 heteroatoms. The number of rotatable bonds is 5. The predicted octanol–water partition coefficient (Wildman–Crippen LogP) is 2.05. The molecule has 23 heavy (non-hydrogen) atoms. The fourth-order valence-electron chi connectivity index (χ4n) is 3.19. The van der Waals surface area contributed by atoms with Crippen LogP contribution in [-0.4, -0.2) is 29.0 Å². The smallest absolute Gasteiger partial charge is 0.280 e. The van der Waals surface area contributed by atoms with E-state index in [1.165, 1.54) is 4.31 Å². The minimum atomic E-state index is -3.60. The van der Waals surface area contributed by atoms with Gasteiger partial charge in [0.25, 0.3) is 10.2 Å². The first-order valence-corrected chi connectivity index (χ1v) is 9.15. The number of furan rings is 1. The Balaban J connectivity index is 1.79. The SMILES string of the molecule is Cc1nn(C)cc1[C@H](C)NS(=O)(=O)N1CCC[C@H]1c1ccco1. The minimum absolute atomic E-state index is 0.232. The molecule has 1 aliphatic heterocycles. The number of nitrogens with one attached hydrogen (secondary N) is 1. The van der Waals surface area contributed by atoms with Crippen molar-refractivity contribution < 1.29 is 12.8 Å². The maximum absolute atomic E-state index is 12.8. The summed E-state index contributed by atoms with van der Waals surface area (Å²) in [5, 5.41) is 4.27. The second-order valence-electron chi connectivity index (χ2n) is 5.97. The van der Waals surface area contributed by atoms with Crippen LogP contribution >= 0.6 is 0 Å². The van der Waals surface area contributed by atoms with Gasteiger partial charge in [0.2, 0.25) is 0 Å². The van der Waals surface area contributed by atoms with Gasteiger partial charge in [-0.05, 0) is 38.8 Å². The normalized spacial score (nSPS) is 20.9. The summed E-state index contributed by atoms with van der Waals surface area (Å²) >= 11 is 0. The molecule has 2 aromatic rings. The quantitative estimate of drug-likeness (QED) is 0.905. The third-order valence-corrected chi connectivity index (χ3v) is 5.93. The molecule has 0 aliphatic carbocycles. The van der Waals surface area contributed by atoms with E-state index in [1.54, 1.807) is 17.0 Å². The first-order valence-electron chi connectivity index (χ1n) is 7.71. The minimum Gasteiger partial charge on any atom is -0.468 e. The zero-order valence-corrected chi connectivity index (χ0v) is 14.4. The van der Waals surface area contributed by atoms with E-state index in [9.17, 15) is 8.42 Å². The number of aromatic nitrogens is 2. The van der Waals surface area contributed by atoms with E-state index < -0.39 is 10.2 Å². The van der Waals surface area contributed by atoms with Gasteiger partial charge in [-0.2, -0.15) is 22.5 Å². The zero-order valence-electron chi connectivity index (χ0n) is 13.6. The molecule has 3 rings (SSSR count). The largest absolute Gasteiger partial charge is 0.468 e. The molecule has 0 amide bonds. The van der Waals surface area contributed by atoms with Crippen molar-refractivity contribution in [2.75, 3.05) is 6.54 Å². The molecule has 0 saturated carbocycles. The number of hydrogen-bond donors (Lipinski definition) is 1. The fourth-order valence-corrected chi connectivity index (χ4v) is 4.81. The van der Waals surface area contributed by atoms with Gasteiger partial charge in [-0.25, -0.2) is 0 Å². The van der Waals surface area contributed by atoms with Crippen LogP contribution in [0.1, 0.15) is 48.9 Å². The summed E-state index contributed by atoms with van der Waals surface area (Å²) in [4.78, 5) is 0. The van der Waals surface area contributed by atoms with Crippen molar-refractivity contribution in [3.63, 3.8) is 0 Å². The second kappa shape index (κ2) is 6.10. The molecule has 2 aromatic heterocycles. The van der Waals surface area contributed by atoms with Crippen LogP contribution in [0.5, 0.6) is 0 Å². The Morgan fingerprint density at radius 3 is 2.87 bits per heavy atom. The molecule has 2 atom stereocenters. The molecule has 1 N–H and O–H groups in total. The lowest BCUT2D eigenvalue weighted by Gasteiger charge is -2.25. The lowest BCUT2D eigenvalue weighted by molar-refractivity contribution is 0.333. The van der Waals surface area contributed by atoms with Crippen LogP contribution < -0.4 is 4.72 Å². The molecule has 0 bridgehead atoms. The Morgan fingerprint density at radius 1 is 1.48 bits per heavy atom. The van der Waals surface area contributed by atoms with Gasteiger partial charge in [0, 0.05) is 31.4 Å². The van der Waals surface area contributed by atoms with Gasteiger partial charge in [-0.15, -0.1) is 0 Å². The van der Waals surface area contributed by atoms with Crippen LogP contribution in [-0.2, 0) is 17.3 Å². The molecule has 0 unspecified atom stereocenters. The Kier molecular flexibility index (Phi) is 4.31. The van der Waals surface area contributed by atoms with Crippen molar-refractivity contribution in [3.05, 3.63) is 41.6 Å². The molecule has 1 saturated heterocycles. The van der Waals surface area contributed by atoms with Gasteiger partial charge in [-0.3, -0.25) is 4.68 Å². The van der Waals surface area contributed by atoms with Gasteiger partial charge in [-0.1, -0.05) is 0 Å². The molecule has 1 fully saturated rings. The van der Waals surface area contributed by atoms with Gasteiger partial charge < -0.3 is 4.42 Å². The van der Waals surface area contributed by atoms with Gasteiger partial charge in [0.1, 0.15) is 5.76 Å². The summed E-state index contributed by atoms with van der Waals surface area (Å²) in [5.41, 5.74) is 1.71. The molecular formula is C15H22N4O3S. The lowest BCUT2D eigenvalue weighted by atomic mass is 10.1. The van der Waals surface area contributed by atoms with Crippen molar-refractivity contribution in [2.45, 2.75) is 38.8 Å². The summed E-state index contributed by atoms with van der Waals surface area (Å²) in [5.74, 6) is 0.693. The summed E-state index contributed by atoms with van der Waals surface area (Å²) in [6.07, 6.45) is 5.02. The first kappa shape index (κ1) is 16.2. The Hall–Kier alpha value is -1.64. The van der Waals surface area contributed by atoms with E-state index in [0.29, 0.717) is 12.3 Å². The van der Waals surface area contributed by atoms with Gasteiger partial charge >= 0.3 is 0 Å². The standard InChI is InChI=1S/C15H22N4O3S/c1-11-13(10-18(3)16-11)12(2)17-23(20,21)19-8-4-6-14(19)15-7-5-9-22-15/h5,7,9-10,12,14,17H,4,6,8H2,1-3H3/t12-,14-/m0/s1. The number of aryl methyl sites for hydroxylation is 2. The zero-order chi connectivity index (χ0) is 16.6. The second-order valence-corrected chi connectivity index (χ2v) is 7.63. The highest BCUT2D eigenvalue weighted by Gasteiger charge is 2.37. The van der Waals surface area contributed by atoms with E-state index in [2.05, 4.69) is 9.82 Å². The van der Waals surface area contributed by atoms with Crippen molar-refractivity contribution >= 4 is 10.2 Å². The topological polar surface area (TPSA) is 80.4 Å². The van der Waals surface area contributed by atoms with Gasteiger partial charge in [0.05, 0.1) is 18.0 Å². The first-order chi connectivity index (χ1) is 10.9. The summed E-state index contributed by atoms with van der Waals surface area (Å²) < 4.78 is 36.9. The van der Waals surface area contributed by atoms with Crippen LogP contribution in [0.3, 0.4) is 0 Å². The van der Waals surface area contributed by atoms with E-state index in [-0.39, 0.29) is 12.1 Å². The molecule has 0 aromatic carbocycles.